The summed E-state index contributed by atoms with van der Waals surface area (Å²) in [6.45, 7) is 1.86. The van der Waals surface area contributed by atoms with E-state index in [1.54, 1.807) is 6.92 Å². The first-order chi connectivity index (χ1) is 11.3. The molecule has 0 saturated heterocycles. The van der Waals surface area contributed by atoms with Crippen LogP contribution in [0.5, 0.6) is 0 Å². The minimum atomic E-state index is -3.70. The molecule has 7 heteroatoms. The van der Waals surface area contributed by atoms with Crippen molar-refractivity contribution in [3.63, 3.8) is 0 Å². The van der Waals surface area contributed by atoms with Gasteiger partial charge in [-0.05, 0) is 23.3 Å². The maximum absolute atomic E-state index is 12.4. The number of nitrogens with one attached hydrogen (secondary N) is 1. The molecule has 1 N–H and O–H groups in total. The van der Waals surface area contributed by atoms with Crippen LogP contribution in [0.1, 0.15) is 24.9 Å². The molecule has 1 atom stereocenters. The zero-order valence-electron chi connectivity index (χ0n) is 14.0. The van der Waals surface area contributed by atoms with Crippen molar-refractivity contribution in [3.8, 4) is 0 Å². The average molecular weight is 350 g/mol. The van der Waals surface area contributed by atoms with Crippen LogP contribution in [0, 0.1) is 0 Å². The Morgan fingerprint density at radius 3 is 2.58 bits per heavy atom. The fourth-order valence-corrected chi connectivity index (χ4v) is 3.56. The van der Waals surface area contributed by atoms with Gasteiger partial charge in [-0.1, -0.05) is 42.5 Å². The highest BCUT2D eigenvalue weighted by Crippen LogP contribution is 2.24. The predicted molar refractivity (Wildman–Crippen MR) is 93.7 cm³/mol. The number of ether oxygens (including phenoxy) is 1. The Hall–Kier alpha value is -1.96. The van der Waals surface area contributed by atoms with Gasteiger partial charge in [-0.15, -0.1) is 0 Å². The first kappa shape index (κ1) is 18.4. The van der Waals surface area contributed by atoms with Gasteiger partial charge in [0.2, 0.25) is 0 Å². The van der Waals surface area contributed by atoms with Crippen molar-refractivity contribution in [2.75, 3.05) is 20.7 Å². The van der Waals surface area contributed by atoms with Gasteiger partial charge in [0, 0.05) is 19.6 Å². The van der Waals surface area contributed by atoms with Crippen molar-refractivity contribution < 1.29 is 17.9 Å². The summed E-state index contributed by atoms with van der Waals surface area (Å²) in [7, 11) is -0.998. The molecule has 2 aromatic rings. The molecule has 0 amide bonds. The lowest BCUT2D eigenvalue weighted by Crippen LogP contribution is -2.40. The number of esters is 1. The number of benzene rings is 2. The molecule has 130 valence electrons. The summed E-state index contributed by atoms with van der Waals surface area (Å²) >= 11 is 0. The number of rotatable bonds is 7. The monoisotopic (exact) mass is 350 g/mol. The minimum Gasteiger partial charge on any atom is -0.469 e. The third-order valence-electron chi connectivity index (χ3n) is 3.88. The molecule has 0 aromatic heterocycles. The van der Waals surface area contributed by atoms with Crippen molar-refractivity contribution in [3.05, 3.63) is 48.0 Å². The van der Waals surface area contributed by atoms with E-state index in [1.807, 2.05) is 42.5 Å². The van der Waals surface area contributed by atoms with E-state index in [2.05, 4.69) is 9.46 Å². The summed E-state index contributed by atoms with van der Waals surface area (Å²) < 4.78 is 33.1. The van der Waals surface area contributed by atoms with E-state index in [9.17, 15) is 13.2 Å². The highest BCUT2D eigenvalue weighted by Gasteiger charge is 2.22. The first-order valence-corrected chi connectivity index (χ1v) is 9.07. The molecule has 1 unspecified atom stereocenters. The Labute approximate surface area is 142 Å². The molecule has 0 saturated carbocycles. The fourth-order valence-electron chi connectivity index (χ4n) is 2.48. The van der Waals surface area contributed by atoms with Gasteiger partial charge < -0.3 is 4.74 Å². The van der Waals surface area contributed by atoms with Crippen LogP contribution in [0.2, 0.25) is 0 Å². The van der Waals surface area contributed by atoms with Crippen LogP contribution >= 0.6 is 0 Å². The fraction of sp³-hybridized carbons (Fsp3) is 0.353. The van der Waals surface area contributed by atoms with E-state index in [0.717, 1.165) is 20.6 Å². The average Bonchev–Trinajstić information content (AvgIpc) is 2.58. The van der Waals surface area contributed by atoms with Crippen LogP contribution in [-0.4, -0.2) is 39.4 Å². The lowest BCUT2D eigenvalue weighted by atomic mass is 10.0. The molecule has 2 aromatic carbocycles. The van der Waals surface area contributed by atoms with Crippen molar-refractivity contribution in [1.82, 2.24) is 9.03 Å². The Bertz CT molecular complexity index is 815. The third kappa shape index (κ3) is 4.31. The largest absolute Gasteiger partial charge is 0.469 e. The van der Waals surface area contributed by atoms with E-state index in [4.69, 9.17) is 0 Å². The molecular weight excluding hydrogens is 328 g/mol. The molecule has 0 aliphatic carbocycles. The van der Waals surface area contributed by atoms with Crippen LogP contribution in [0.4, 0.5) is 0 Å². The van der Waals surface area contributed by atoms with Crippen LogP contribution in [0.3, 0.4) is 0 Å². The van der Waals surface area contributed by atoms with E-state index < -0.39 is 22.2 Å². The molecule has 6 nitrogen and oxygen atoms in total. The van der Waals surface area contributed by atoms with E-state index in [0.29, 0.717) is 0 Å². The lowest BCUT2D eigenvalue weighted by molar-refractivity contribution is -0.140. The second kappa shape index (κ2) is 7.74. The molecule has 0 heterocycles. The number of methoxy groups -OCH3 is 1. The Kier molecular flexibility index (Phi) is 5.93. The number of hydrogen-bond acceptors (Lipinski definition) is 4. The SMILES string of the molecule is COC(=O)CCN(C)S(=O)(=O)NC(C)c1cccc2ccccc12. The summed E-state index contributed by atoms with van der Waals surface area (Å²) in [6.07, 6.45) is 0.0105. The van der Waals surface area contributed by atoms with Crippen LogP contribution < -0.4 is 4.72 Å². The Morgan fingerprint density at radius 1 is 1.21 bits per heavy atom. The maximum Gasteiger partial charge on any atom is 0.306 e. The van der Waals surface area contributed by atoms with Gasteiger partial charge in [-0.2, -0.15) is 17.4 Å². The first-order valence-electron chi connectivity index (χ1n) is 7.63. The van der Waals surface area contributed by atoms with E-state index in [-0.39, 0.29) is 13.0 Å². The predicted octanol–water partition coefficient (Wildman–Crippen LogP) is 2.23. The quantitative estimate of drug-likeness (QED) is 0.777. The molecule has 0 spiro atoms. The van der Waals surface area contributed by atoms with Crippen LogP contribution in [0.25, 0.3) is 10.8 Å². The van der Waals surface area contributed by atoms with Crippen molar-refractivity contribution in [1.29, 1.82) is 0 Å². The minimum absolute atomic E-state index is 0.0105. The number of carbonyl (C=O) groups is 1. The lowest BCUT2D eigenvalue weighted by Gasteiger charge is -2.22. The van der Waals surface area contributed by atoms with Gasteiger partial charge in [0.25, 0.3) is 10.2 Å². The number of carbonyl (C=O) groups excluding carboxylic acids is 1. The number of fused-ring (bicyclic) bond motifs is 1. The highest BCUT2D eigenvalue weighted by molar-refractivity contribution is 7.87. The van der Waals surface area contributed by atoms with Gasteiger partial charge in [0.15, 0.2) is 0 Å². The second-order valence-electron chi connectivity index (χ2n) is 5.56. The van der Waals surface area contributed by atoms with Gasteiger partial charge >= 0.3 is 5.97 Å². The molecule has 2 rings (SSSR count). The van der Waals surface area contributed by atoms with Gasteiger partial charge in [-0.3, -0.25) is 4.79 Å². The summed E-state index contributed by atoms with van der Waals surface area (Å²) in [5, 5.41) is 2.06. The Morgan fingerprint density at radius 2 is 1.88 bits per heavy atom. The number of nitrogens with zero attached hydrogens (tertiary/aromatic N) is 1. The highest BCUT2D eigenvalue weighted by atomic mass is 32.2. The Balaban J connectivity index is 2.15. The van der Waals surface area contributed by atoms with Gasteiger partial charge in [0.1, 0.15) is 0 Å². The van der Waals surface area contributed by atoms with Crippen LogP contribution in [0.15, 0.2) is 42.5 Å². The zero-order chi connectivity index (χ0) is 17.7. The van der Waals surface area contributed by atoms with Crippen molar-refractivity contribution >= 4 is 27.0 Å². The maximum atomic E-state index is 12.4. The molecule has 0 bridgehead atoms. The summed E-state index contributed by atoms with van der Waals surface area (Å²) in [4.78, 5) is 11.2. The standard InChI is InChI=1S/C17H22N2O4S/c1-13(15-10-6-8-14-7-4-5-9-16(14)15)18-24(21,22)19(2)12-11-17(20)23-3/h4-10,13,18H,11-12H2,1-3H3. The number of hydrogen-bond donors (Lipinski definition) is 1. The van der Waals surface area contributed by atoms with Gasteiger partial charge in [-0.25, -0.2) is 0 Å². The van der Waals surface area contributed by atoms with Crippen LogP contribution in [-0.2, 0) is 19.7 Å². The molecular formula is C17H22N2O4S. The molecule has 0 aliphatic rings. The zero-order valence-corrected chi connectivity index (χ0v) is 14.8. The summed E-state index contributed by atoms with van der Waals surface area (Å²) in [5.74, 6) is -0.445. The molecule has 0 fully saturated rings. The van der Waals surface area contributed by atoms with E-state index >= 15 is 0 Å². The molecule has 24 heavy (non-hydrogen) atoms. The normalized spacial score (nSPS) is 13.2. The second-order valence-corrected chi connectivity index (χ2v) is 7.37. The van der Waals surface area contributed by atoms with E-state index in [1.165, 1.54) is 14.2 Å². The molecule has 0 radical (unpaired) electrons. The topological polar surface area (TPSA) is 75.7 Å². The summed E-state index contributed by atoms with van der Waals surface area (Å²) in [6, 6.07) is 13.2. The van der Waals surface area contributed by atoms with Gasteiger partial charge in [0.05, 0.1) is 13.5 Å². The summed E-state index contributed by atoms with van der Waals surface area (Å²) in [5.41, 5.74) is 0.901. The van der Waals surface area contributed by atoms with Crippen molar-refractivity contribution in [2.45, 2.75) is 19.4 Å². The molecule has 0 aliphatic heterocycles. The van der Waals surface area contributed by atoms with Crippen molar-refractivity contribution in [2.24, 2.45) is 0 Å². The third-order valence-corrected chi connectivity index (χ3v) is 5.54. The smallest absolute Gasteiger partial charge is 0.306 e.